The highest BCUT2D eigenvalue weighted by molar-refractivity contribution is 7.80. The number of hydrogen-bond acceptors (Lipinski definition) is 4. The minimum atomic E-state index is -0.489. The third-order valence-electron chi connectivity index (χ3n) is 3.19. The van der Waals surface area contributed by atoms with E-state index in [1.807, 2.05) is 18.2 Å². The van der Waals surface area contributed by atoms with Gasteiger partial charge in [-0.2, -0.15) is 5.10 Å². The van der Waals surface area contributed by atoms with Gasteiger partial charge in [0, 0.05) is 17.6 Å². The van der Waals surface area contributed by atoms with Crippen LogP contribution in [0.5, 0.6) is 5.75 Å². The fourth-order valence-corrected chi connectivity index (χ4v) is 2.24. The lowest BCUT2D eigenvalue weighted by molar-refractivity contribution is -0.128. The first-order chi connectivity index (χ1) is 13.1. The fourth-order valence-electron chi connectivity index (χ4n) is 1.91. The molecule has 0 heterocycles. The number of hydrazone groups is 1. The molecule has 0 aliphatic carbocycles. The number of rotatable bonds is 7. The zero-order valence-electron chi connectivity index (χ0n) is 14.4. The Labute approximate surface area is 168 Å². The van der Waals surface area contributed by atoms with Gasteiger partial charge in [0.1, 0.15) is 5.75 Å². The lowest BCUT2D eigenvalue weighted by Gasteiger charge is -2.04. The summed E-state index contributed by atoms with van der Waals surface area (Å²) in [5.41, 5.74) is 4.25. The lowest BCUT2D eigenvalue weighted by atomic mass is 10.2. The summed E-state index contributed by atoms with van der Waals surface area (Å²) < 4.78 is 5.25. The van der Waals surface area contributed by atoms with E-state index < -0.39 is 5.97 Å². The van der Waals surface area contributed by atoms with Crippen LogP contribution in [-0.2, 0) is 4.79 Å². The standard InChI is InChI=1S/C20H18ClN3O2S/c1-2-13-22-20(27)24-23-14-15-7-10-17(11-8-15)26-19(25)12-9-16-5-3-4-6-18(16)21/h2-12,14H,1,13H2,(H2,22,24,27). The van der Waals surface area contributed by atoms with Crippen LogP contribution in [0.3, 0.4) is 0 Å². The molecule has 0 aliphatic rings. The number of esters is 1. The van der Waals surface area contributed by atoms with E-state index in [9.17, 15) is 4.79 Å². The van der Waals surface area contributed by atoms with Gasteiger partial charge in [0.25, 0.3) is 0 Å². The molecule has 2 rings (SSSR count). The summed E-state index contributed by atoms with van der Waals surface area (Å²) in [5, 5.41) is 7.88. The fraction of sp³-hybridized carbons (Fsp3) is 0.0500. The van der Waals surface area contributed by atoms with Crippen LogP contribution in [0.15, 0.2) is 72.4 Å². The van der Waals surface area contributed by atoms with E-state index in [0.717, 1.165) is 11.1 Å². The summed E-state index contributed by atoms with van der Waals surface area (Å²) in [6, 6.07) is 14.1. The molecule has 0 spiro atoms. The van der Waals surface area contributed by atoms with Crippen molar-refractivity contribution in [2.75, 3.05) is 6.54 Å². The Morgan fingerprint density at radius 1 is 1.22 bits per heavy atom. The molecule has 0 aliphatic heterocycles. The van der Waals surface area contributed by atoms with Crippen molar-refractivity contribution in [1.82, 2.24) is 10.7 Å². The monoisotopic (exact) mass is 399 g/mol. The highest BCUT2D eigenvalue weighted by Crippen LogP contribution is 2.17. The molecule has 0 saturated heterocycles. The summed E-state index contributed by atoms with van der Waals surface area (Å²) >= 11 is 11.0. The molecule has 5 nitrogen and oxygen atoms in total. The molecule has 0 bridgehead atoms. The second-order valence-electron chi connectivity index (χ2n) is 5.21. The number of nitrogens with zero attached hydrogens (tertiary/aromatic N) is 1. The van der Waals surface area contributed by atoms with Crippen molar-refractivity contribution in [3.05, 3.63) is 83.4 Å². The first-order valence-electron chi connectivity index (χ1n) is 8.01. The third-order valence-corrected chi connectivity index (χ3v) is 3.77. The van der Waals surface area contributed by atoms with Crippen molar-refractivity contribution in [2.24, 2.45) is 5.10 Å². The Kier molecular flexibility index (Phi) is 8.22. The molecular formula is C20H18ClN3O2S. The highest BCUT2D eigenvalue weighted by atomic mass is 35.5. The van der Waals surface area contributed by atoms with E-state index in [4.69, 9.17) is 28.6 Å². The normalized spacial score (nSPS) is 10.7. The second kappa shape index (κ2) is 10.9. The minimum Gasteiger partial charge on any atom is -0.423 e. The van der Waals surface area contributed by atoms with Crippen LogP contribution in [0.2, 0.25) is 5.02 Å². The van der Waals surface area contributed by atoms with Crippen molar-refractivity contribution in [3.8, 4) is 5.75 Å². The van der Waals surface area contributed by atoms with Gasteiger partial charge in [0.05, 0.1) is 6.21 Å². The molecule has 0 saturated carbocycles. The quantitative estimate of drug-likeness (QED) is 0.140. The molecule has 0 unspecified atom stereocenters. The van der Waals surface area contributed by atoms with Gasteiger partial charge in [0.15, 0.2) is 5.11 Å². The van der Waals surface area contributed by atoms with Crippen LogP contribution in [0, 0.1) is 0 Å². The molecule has 0 atom stereocenters. The predicted octanol–water partition coefficient (Wildman–Crippen LogP) is 3.94. The Hall–Kier alpha value is -2.96. The first kappa shape index (κ1) is 20.4. The van der Waals surface area contributed by atoms with E-state index in [0.29, 0.717) is 22.4 Å². The van der Waals surface area contributed by atoms with Crippen molar-refractivity contribution in [1.29, 1.82) is 0 Å². The van der Waals surface area contributed by atoms with Gasteiger partial charge in [-0.25, -0.2) is 4.79 Å². The van der Waals surface area contributed by atoms with Crippen LogP contribution in [0.25, 0.3) is 6.08 Å². The number of benzene rings is 2. The molecule has 0 aromatic heterocycles. The Balaban J connectivity index is 1.86. The average molecular weight is 400 g/mol. The zero-order chi connectivity index (χ0) is 19.5. The van der Waals surface area contributed by atoms with Gasteiger partial charge < -0.3 is 10.1 Å². The Morgan fingerprint density at radius 2 is 1.96 bits per heavy atom. The van der Waals surface area contributed by atoms with Gasteiger partial charge in [0.2, 0.25) is 0 Å². The molecule has 7 heteroatoms. The molecule has 27 heavy (non-hydrogen) atoms. The number of hydrogen-bond donors (Lipinski definition) is 2. The zero-order valence-corrected chi connectivity index (χ0v) is 16.0. The van der Waals surface area contributed by atoms with Gasteiger partial charge in [-0.15, -0.1) is 6.58 Å². The average Bonchev–Trinajstić information content (AvgIpc) is 2.67. The first-order valence-corrected chi connectivity index (χ1v) is 8.79. The van der Waals surface area contributed by atoms with Crippen LogP contribution in [-0.4, -0.2) is 23.8 Å². The summed E-state index contributed by atoms with van der Waals surface area (Å²) in [7, 11) is 0. The predicted molar refractivity (Wildman–Crippen MR) is 114 cm³/mol. The molecule has 0 amide bonds. The maximum Gasteiger partial charge on any atom is 0.336 e. The number of halogens is 1. The van der Waals surface area contributed by atoms with Gasteiger partial charge in [-0.3, -0.25) is 5.43 Å². The van der Waals surface area contributed by atoms with E-state index >= 15 is 0 Å². The molecular weight excluding hydrogens is 382 g/mol. The number of nitrogens with one attached hydrogen (secondary N) is 2. The number of carbonyl (C=O) groups excluding carboxylic acids is 1. The molecule has 2 aromatic carbocycles. The number of thiocarbonyl (C=S) groups is 1. The van der Waals surface area contributed by atoms with Crippen molar-refractivity contribution >= 4 is 47.2 Å². The summed E-state index contributed by atoms with van der Waals surface area (Å²) in [5.74, 6) is -0.0614. The molecule has 0 fully saturated rings. The third kappa shape index (κ3) is 7.43. The van der Waals surface area contributed by atoms with Crippen LogP contribution >= 0.6 is 23.8 Å². The van der Waals surface area contributed by atoms with E-state index in [1.165, 1.54) is 6.08 Å². The topological polar surface area (TPSA) is 62.7 Å². The number of carbonyl (C=O) groups is 1. The summed E-state index contributed by atoms with van der Waals surface area (Å²) in [4.78, 5) is 11.9. The van der Waals surface area contributed by atoms with Gasteiger partial charge in [-0.1, -0.05) is 35.9 Å². The Morgan fingerprint density at radius 3 is 2.67 bits per heavy atom. The van der Waals surface area contributed by atoms with Crippen LogP contribution < -0.4 is 15.5 Å². The second-order valence-corrected chi connectivity index (χ2v) is 6.03. The van der Waals surface area contributed by atoms with Gasteiger partial charge >= 0.3 is 5.97 Å². The summed E-state index contributed by atoms with van der Waals surface area (Å²) in [6.07, 6.45) is 6.24. The number of ether oxygens (including phenoxy) is 1. The van der Waals surface area contributed by atoms with Crippen molar-refractivity contribution < 1.29 is 9.53 Å². The highest BCUT2D eigenvalue weighted by Gasteiger charge is 2.01. The molecule has 0 radical (unpaired) electrons. The molecule has 138 valence electrons. The maximum absolute atomic E-state index is 11.9. The van der Waals surface area contributed by atoms with Crippen LogP contribution in [0.1, 0.15) is 11.1 Å². The summed E-state index contributed by atoms with van der Waals surface area (Å²) in [6.45, 7) is 4.15. The van der Waals surface area contributed by atoms with Crippen LogP contribution in [0.4, 0.5) is 0 Å². The van der Waals surface area contributed by atoms with Crippen molar-refractivity contribution in [2.45, 2.75) is 0 Å². The SMILES string of the molecule is C=CCNC(=S)NN=Cc1ccc(OC(=O)C=Cc2ccccc2Cl)cc1. The molecule has 2 N–H and O–H groups in total. The molecule has 2 aromatic rings. The minimum absolute atomic E-state index is 0.405. The lowest BCUT2D eigenvalue weighted by Crippen LogP contribution is -2.31. The van der Waals surface area contributed by atoms with Gasteiger partial charge in [-0.05, 0) is 59.8 Å². The Bertz CT molecular complexity index is 864. The van der Waals surface area contributed by atoms with E-state index in [1.54, 1.807) is 48.7 Å². The largest absolute Gasteiger partial charge is 0.423 e. The van der Waals surface area contributed by atoms with Crippen molar-refractivity contribution in [3.63, 3.8) is 0 Å². The van der Waals surface area contributed by atoms with E-state index in [2.05, 4.69) is 22.4 Å². The van der Waals surface area contributed by atoms with E-state index in [-0.39, 0.29) is 0 Å². The smallest absolute Gasteiger partial charge is 0.336 e. The maximum atomic E-state index is 11.9.